The molecule has 110 valence electrons. The number of benzene rings is 1. The van der Waals surface area contributed by atoms with Crippen LogP contribution in [0.4, 0.5) is 0 Å². The number of aliphatic hydroxyl groups is 1. The lowest BCUT2D eigenvalue weighted by molar-refractivity contribution is 0.165. The second-order valence-electron chi connectivity index (χ2n) is 5.32. The molecule has 0 radical (unpaired) electrons. The number of aliphatic hydroxyl groups excluding tert-OH is 1. The van der Waals surface area contributed by atoms with Gasteiger partial charge in [-0.2, -0.15) is 0 Å². The molecule has 4 nitrogen and oxygen atoms in total. The Labute approximate surface area is 124 Å². The molecule has 1 aromatic rings. The van der Waals surface area contributed by atoms with Gasteiger partial charge in [-0.3, -0.25) is 0 Å². The lowest BCUT2D eigenvalue weighted by atomic mass is 9.90. The van der Waals surface area contributed by atoms with E-state index in [0.717, 1.165) is 53.9 Å². The van der Waals surface area contributed by atoms with Gasteiger partial charge < -0.3 is 19.9 Å². The molecule has 0 spiro atoms. The zero-order valence-corrected chi connectivity index (χ0v) is 12.4. The summed E-state index contributed by atoms with van der Waals surface area (Å²) in [6.07, 6.45) is 3.06. The van der Waals surface area contributed by atoms with Gasteiger partial charge in [0.1, 0.15) is 11.5 Å². The third-order valence-corrected chi connectivity index (χ3v) is 4.35. The smallest absolute Gasteiger partial charge is 0.141 e. The van der Waals surface area contributed by atoms with E-state index >= 15 is 0 Å². The van der Waals surface area contributed by atoms with Crippen molar-refractivity contribution in [3.8, 4) is 11.5 Å². The highest BCUT2D eigenvalue weighted by molar-refractivity contribution is 6.33. The SMILES string of the molecule is CNCC(O)c1c2c(c(Cl)c3c1OCCC3)OCCC2. The first-order valence-electron chi connectivity index (χ1n) is 7.19. The zero-order chi connectivity index (χ0) is 14.1. The molecular weight excluding hydrogens is 278 g/mol. The number of rotatable bonds is 3. The average molecular weight is 298 g/mol. The monoisotopic (exact) mass is 297 g/mol. The molecule has 0 amide bonds. The van der Waals surface area contributed by atoms with Gasteiger partial charge in [0.05, 0.1) is 24.3 Å². The van der Waals surface area contributed by atoms with E-state index in [1.54, 1.807) is 0 Å². The normalized spacial score (nSPS) is 18.6. The van der Waals surface area contributed by atoms with Crippen molar-refractivity contribution < 1.29 is 14.6 Å². The van der Waals surface area contributed by atoms with Crippen molar-refractivity contribution in [2.75, 3.05) is 26.8 Å². The summed E-state index contributed by atoms with van der Waals surface area (Å²) >= 11 is 6.50. The van der Waals surface area contributed by atoms with E-state index in [2.05, 4.69) is 5.32 Å². The van der Waals surface area contributed by atoms with Crippen molar-refractivity contribution in [3.05, 3.63) is 21.7 Å². The van der Waals surface area contributed by atoms with Crippen LogP contribution in [0.1, 0.15) is 35.6 Å². The number of nitrogens with one attached hydrogen (secondary N) is 1. The minimum atomic E-state index is -0.598. The Morgan fingerprint density at radius 1 is 1.15 bits per heavy atom. The summed E-state index contributed by atoms with van der Waals surface area (Å²) in [4.78, 5) is 0. The van der Waals surface area contributed by atoms with Crippen LogP contribution < -0.4 is 14.8 Å². The fraction of sp³-hybridized carbons (Fsp3) is 0.600. The van der Waals surface area contributed by atoms with E-state index in [0.29, 0.717) is 24.8 Å². The molecule has 2 aliphatic heterocycles. The number of halogens is 1. The van der Waals surface area contributed by atoms with E-state index < -0.39 is 6.10 Å². The van der Waals surface area contributed by atoms with Crippen molar-refractivity contribution in [2.45, 2.75) is 31.8 Å². The summed E-state index contributed by atoms with van der Waals surface area (Å²) in [7, 11) is 1.83. The summed E-state index contributed by atoms with van der Waals surface area (Å²) < 4.78 is 11.6. The molecular formula is C15H20ClNO3. The number of ether oxygens (including phenoxy) is 2. The Hall–Kier alpha value is -0.970. The summed E-state index contributed by atoms with van der Waals surface area (Å²) in [6.45, 7) is 1.86. The second kappa shape index (κ2) is 5.80. The Morgan fingerprint density at radius 3 is 2.50 bits per heavy atom. The van der Waals surface area contributed by atoms with E-state index in [-0.39, 0.29) is 0 Å². The Kier molecular flexibility index (Phi) is 4.06. The molecule has 0 saturated heterocycles. The molecule has 0 aliphatic carbocycles. The molecule has 1 aromatic carbocycles. The van der Waals surface area contributed by atoms with Crippen molar-refractivity contribution in [3.63, 3.8) is 0 Å². The van der Waals surface area contributed by atoms with Crippen LogP contribution in [0.25, 0.3) is 0 Å². The molecule has 0 bridgehead atoms. The first-order chi connectivity index (χ1) is 9.74. The van der Waals surface area contributed by atoms with Crippen LogP contribution in [-0.4, -0.2) is 31.9 Å². The fourth-order valence-electron chi connectivity index (χ4n) is 3.07. The number of hydrogen-bond acceptors (Lipinski definition) is 4. The van der Waals surface area contributed by atoms with Gasteiger partial charge in [0.2, 0.25) is 0 Å². The highest BCUT2D eigenvalue weighted by Gasteiger charge is 2.31. The van der Waals surface area contributed by atoms with E-state index in [4.69, 9.17) is 21.1 Å². The molecule has 20 heavy (non-hydrogen) atoms. The third-order valence-electron chi connectivity index (χ3n) is 3.95. The van der Waals surface area contributed by atoms with Crippen LogP contribution in [0.15, 0.2) is 0 Å². The van der Waals surface area contributed by atoms with Crippen molar-refractivity contribution >= 4 is 11.6 Å². The highest BCUT2D eigenvalue weighted by Crippen LogP contribution is 2.48. The fourth-order valence-corrected chi connectivity index (χ4v) is 3.42. The topological polar surface area (TPSA) is 50.7 Å². The van der Waals surface area contributed by atoms with Gasteiger partial charge in [-0.05, 0) is 32.7 Å². The van der Waals surface area contributed by atoms with Crippen LogP contribution in [0.5, 0.6) is 11.5 Å². The lowest BCUT2D eigenvalue weighted by Crippen LogP contribution is -2.23. The van der Waals surface area contributed by atoms with Crippen LogP contribution in [0, 0.1) is 0 Å². The Balaban J connectivity index is 2.19. The Bertz CT molecular complexity index is 481. The second-order valence-corrected chi connectivity index (χ2v) is 5.70. The molecule has 2 aliphatic rings. The molecule has 0 saturated carbocycles. The summed E-state index contributed by atoms with van der Waals surface area (Å²) in [5.74, 6) is 1.54. The maximum atomic E-state index is 10.5. The maximum Gasteiger partial charge on any atom is 0.141 e. The molecule has 3 rings (SSSR count). The van der Waals surface area contributed by atoms with Crippen molar-refractivity contribution in [1.29, 1.82) is 0 Å². The van der Waals surface area contributed by atoms with Crippen LogP contribution >= 0.6 is 11.6 Å². The van der Waals surface area contributed by atoms with Gasteiger partial charge in [0.25, 0.3) is 0 Å². The van der Waals surface area contributed by atoms with Gasteiger partial charge in [0.15, 0.2) is 0 Å². The van der Waals surface area contributed by atoms with Gasteiger partial charge in [-0.15, -0.1) is 0 Å². The predicted octanol–water partition coefficient (Wildman–Crippen LogP) is 2.24. The molecule has 0 fully saturated rings. The first kappa shape index (κ1) is 14.0. The standard InChI is InChI=1S/C15H20ClNO3/c1-17-8-11(18)12-9-4-2-7-20-15(9)13(16)10-5-3-6-19-14(10)12/h11,17-18H,2-8H2,1H3. The third kappa shape index (κ3) is 2.26. The van der Waals surface area contributed by atoms with Crippen LogP contribution in [0.3, 0.4) is 0 Å². The van der Waals surface area contributed by atoms with E-state index in [9.17, 15) is 5.11 Å². The number of likely N-dealkylation sites (N-methyl/N-ethyl adjacent to an activating group) is 1. The summed E-state index contributed by atoms with van der Waals surface area (Å²) in [6, 6.07) is 0. The van der Waals surface area contributed by atoms with E-state index in [1.807, 2.05) is 7.05 Å². The quantitative estimate of drug-likeness (QED) is 0.898. The lowest BCUT2D eigenvalue weighted by Gasteiger charge is -2.30. The average Bonchev–Trinajstić information content (AvgIpc) is 2.48. The minimum Gasteiger partial charge on any atom is -0.493 e. The predicted molar refractivity (Wildman–Crippen MR) is 78.0 cm³/mol. The van der Waals surface area contributed by atoms with Crippen molar-refractivity contribution in [1.82, 2.24) is 5.32 Å². The molecule has 0 aromatic heterocycles. The highest BCUT2D eigenvalue weighted by atomic mass is 35.5. The van der Waals surface area contributed by atoms with Gasteiger partial charge >= 0.3 is 0 Å². The van der Waals surface area contributed by atoms with Crippen LogP contribution in [0.2, 0.25) is 5.02 Å². The number of hydrogen-bond donors (Lipinski definition) is 2. The molecule has 1 unspecified atom stereocenters. The molecule has 1 atom stereocenters. The molecule has 2 N–H and O–H groups in total. The number of fused-ring (bicyclic) bond motifs is 2. The Morgan fingerprint density at radius 2 is 1.80 bits per heavy atom. The zero-order valence-electron chi connectivity index (χ0n) is 11.7. The molecule has 2 heterocycles. The first-order valence-corrected chi connectivity index (χ1v) is 7.57. The van der Waals surface area contributed by atoms with Gasteiger partial charge in [0, 0.05) is 23.2 Å². The summed E-state index contributed by atoms with van der Waals surface area (Å²) in [5.41, 5.74) is 2.88. The van der Waals surface area contributed by atoms with Crippen molar-refractivity contribution in [2.24, 2.45) is 0 Å². The maximum absolute atomic E-state index is 10.5. The minimum absolute atomic E-state index is 0.490. The summed E-state index contributed by atoms with van der Waals surface area (Å²) in [5, 5.41) is 14.2. The van der Waals surface area contributed by atoms with E-state index in [1.165, 1.54) is 0 Å². The largest absolute Gasteiger partial charge is 0.493 e. The molecule has 5 heteroatoms. The van der Waals surface area contributed by atoms with Gasteiger partial charge in [-0.25, -0.2) is 0 Å². The van der Waals surface area contributed by atoms with Gasteiger partial charge in [-0.1, -0.05) is 11.6 Å². The van der Waals surface area contributed by atoms with Crippen LogP contribution in [-0.2, 0) is 12.8 Å².